The van der Waals surface area contributed by atoms with Crippen LogP contribution in [0.5, 0.6) is 11.5 Å². The van der Waals surface area contributed by atoms with Gasteiger partial charge in [-0.1, -0.05) is 60.7 Å². The Morgan fingerprint density at radius 2 is 1.00 bits per heavy atom. The first kappa shape index (κ1) is 22.7. The molecule has 0 aromatic heterocycles. The number of nitrogens with one attached hydrogen (secondary N) is 2. The Morgan fingerprint density at radius 1 is 0.618 bits per heavy atom. The van der Waals surface area contributed by atoms with Gasteiger partial charge in [-0.2, -0.15) is 10.2 Å². The first-order valence-corrected chi connectivity index (χ1v) is 10.7. The molecule has 8 nitrogen and oxygen atoms in total. The van der Waals surface area contributed by atoms with Crippen molar-refractivity contribution in [1.29, 1.82) is 0 Å². The van der Waals surface area contributed by atoms with Crippen molar-refractivity contribution in [2.75, 3.05) is 14.2 Å². The second-order valence-electron chi connectivity index (χ2n) is 7.42. The van der Waals surface area contributed by atoms with Gasteiger partial charge in [-0.15, -0.1) is 0 Å². The number of hydrogen-bond acceptors (Lipinski definition) is 8. The van der Waals surface area contributed by atoms with Crippen molar-refractivity contribution in [1.82, 2.24) is 10.9 Å². The lowest BCUT2D eigenvalue weighted by Crippen LogP contribution is -2.49. The number of fused-ring (bicyclic) bond motifs is 1. The van der Waals surface area contributed by atoms with E-state index in [-0.39, 0.29) is 10.7 Å². The Bertz CT molecular complexity index is 1420. The summed E-state index contributed by atoms with van der Waals surface area (Å²) in [6.45, 7) is 0.664. The highest BCUT2D eigenvalue weighted by Gasteiger charge is 2.10. The van der Waals surface area contributed by atoms with Crippen molar-refractivity contribution < 1.29 is 9.47 Å². The van der Waals surface area contributed by atoms with Gasteiger partial charge in [0.25, 0.3) is 10.9 Å². The second-order valence-corrected chi connectivity index (χ2v) is 7.42. The summed E-state index contributed by atoms with van der Waals surface area (Å²) in [5, 5.41) is 9.71. The van der Waals surface area contributed by atoms with Crippen LogP contribution in [0.15, 0.2) is 92.6 Å². The van der Waals surface area contributed by atoms with Crippen molar-refractivity contribution in [2.45, 2.75) is 13.1 Å². The fourth-order valence-corrected chi connectivity index (χ4v) is 3.68. The lowest BCUT2D eigenvalue weighted by Gasteiger charge is -2.08. The van der Waals surface area contributed by atoms with Crippen molar-refractivity contribution >= 4 is 10.8 Å². The van der Waals surface area contributed by atoms with E-state index in [1.54, 1.807) is 38.5 Å². The molecule has 8 heteroatoms. The molecule has 0 radical (unpaired) electrons. The van der Waals surface area contributed by atoms with E-state index in [1.807, 2.05) is 48.5 Å². The van der Waals surface area contributed by atoms with E-state index in [1.165, 1.54) is 0 Å². The first-order valence-electron chi connectivity index (χ1n) is 10.7. The molecular weight excluding hydrogens is 432 g/mol. The normalized spacial score (nSPS) is 12.1. The van der Waals surface area contributed by atoms with Gasteiger partial charge in [-0.05, 0) is 12.1 Å². The predicted octanol–water partition coefficient (Wildman–Crippen LogP) is 1.66. The molecule has 4 rings (SSSR count). The van der Waals surface area contributed by atoms with Crippen LogP contribution >= 0.6 is 0 Å². The zero-order valence-electron chi connectivity index (χ0n) is 18.9. The summed E-state index contributed by atoms with van der Waals surface area (Å²) < 4.78 is 10.7. The third-order valence-electron chi connectivity index (χ3n) is 5.38. The summed E-state index contributed by atoms with van der Waals surface area (Å²) in [7, 11) is 3.18. The molecule has 0 heterocycles. The third-order valence-corrected chi connectivity index (χ3v) is 5.38. The highest BCUT2D eigenvalue weighted by molar-refractivity contribution is 5.81. The molecule has 0 bridgehead atoms. The van der Waals surface area contributed by atoms with E-state index in [0.717, 1.165) is 11.1 Å². The lowest BCUT2D eigenvalue weighted by molar-refractivity contribution is 0.408. The molecule has 2 N–H and O–H groups in total. The van der Waals surface area contributed by atoms with E-state index < -0.39 is 10.9 Å². The van der Waals surface area contributed by atoms with Gasteiger partial charge in [-0.3, -0.25) is 9.59 Å². The molecule has 0 atom stereocenters. The molecule has 4 aromatic carbocycles. The maximum atomic E-state index is 12.9. The quantitative estimate of drug-likeness (QED) is 0.309. The van der Waals surface area contributed by atoms with Crippen LogP contribution in [0.25, 0.3) is 10.8 Å². The average Bonchev–Trinajstić information content (AvgIpc) is 2.88. The predicted molar refractivity (Wildman–Crippen MR) is 130 cm³/mol. The number of nitrogens with zero attached hydrogens (tertiary/aromatic N) is 2. The molecule has 0 aliphatic carbocycles. The van der Waals surface area contributed by atoms with E-state index in [2.05, 4.69) is 21.1 Å². The summed E-state index contributed by atoms with van der Waals surface area (Å²) in [5.41, 5.74) is 6.10. The van der Waals surface area contributed by atoms with Crippen LogP contribution in [0.1, 0.15) is 11.1 Å². The van der Waals surface area contributed by atoms with E-state index in [9.17, 15) is 9.59 Å². The number of para-hydroxylation sites is 2. The minimum Gasteiger partial charge on any atom is -0.496 e. The third kappa shape index (κ3) is 4.66. The molecular formula is C26H24N4O4. The summed E-state index contributed by atoms with van der Waals surface area (Å²) in [6, 6.07) is 22.1. The van der Waals surface area contributed by atoms with Crippen LogP contribution in [0.3, 0.4) is 0 Å². The molecule has 0 amide bonds. The monoisotopic (exact) mass is 456 g/mol. The summed E-state index contributed by atoms with van der Waals surface area (Å²) >= 11 is 0. The van der Waals surface area contributed by atoms with Gasteiger partial charge in [0.05, 0.1) is 27.3 Å². The van der Waals surface area contributed by atoms with E-state index in [0.29, 0.717) is 35.4 Å². The highest BCUT2D eigenvalue weighted by Crippen LogP contribution is 2.17. The van der Waals surface area contributed by atoms with Crippen LogP contribution in [0.2, 0.25) is 0 Å². The molecule has 0 fully saturated rings. The molecule has 172 valence electrons. The van der Waals surface area contributed by atoms with E-state index in [4.69, 9.17) is 9.47 Å². The first-order chi connectivity index (χ1) is 16.6. The highest BCUT2D eigenvalue weighted by atomic mass is 16.5. The zero-order valence-corrected chi connectivity index (χ0v) is 18.9. The Kier molecular flexibility index (Phi) is 6.98. The Balaban J connectivity index is 1.70. The standard InChI is InChI=1S/C26H24N4O4/c1-33-21-13-7-3-9-17(21)15-27-29-23-19-11-5-6-12-20(19)24(26(32)25(23)31)30-28-16-18-10-4-8-14-22(18)34-2/h3-14,27-28H,15-16H2,1-2H3/b29-23-,30-24+. The number of methoxy groups -OCH3 is 2. The van der Waals surface area contributed by atoms with Crippen molar-refractivity contribution in [3.05, 3.63) is 115 Å². The van der Waals surface area contributed by atoms with Gasteiger partial charge in [-0.25, -0.2) is 0 Å². The van der Waals surface area contributed by atoms with Crippen molar-refractivity contribution in [2.24, 2.45) is 10.2 Å². The largest absolute Gasteiger partial charge is 0.496 e. The SMILES string of the molecule is COc1ccccc1CN/N=c1\c(=O)c(=O)/c(=N/NCc2ccccc2OC)c2ccccc12. The average molecular weight is 457 g/mol. The molecule has 0 saturated heterocycles. The Hall–Kier alpha value is -4.46. The number of ether oxygens (including phenoxy) is 2. The molecule has 0 aliphatic heterocycles. The lowest BCUT2D eigenvalue weighted by atomic mass is 10.1. The van der Waals surface area contributed by atoms with Gasteiger partial charge in [0.15, 0.2) is 0 Å². The molecule has 0 unspecified atom stereocenters. The molecule has 34 heavy (non-hydrogen) atoms. The maximum Gasteiger partial charge on any atom is 0.255 e. The van der Waals surface area contributed by atoms with Crippen molar-refractivity contribution in [3.8, 4) is 11.5 Å². The second kappa shape index (κ2) is 10.4. The number of rotatable bonds is 8. The molecule has 4 aromatic rings. The fourth-order valence-electron chi connectivity index (χ4n) is 3.68. The zero-order chi connectivity index (χ0) is 23.9. The van der Waals surface area contributed by atoms with Crippen molar-refractivity contribution in [3.63, 3.8) is 0 Å². The van der Waals surface area contributed by atoms with E-state index >= 15 is 0 Å². The maximum absolute atomic E-state index is 12.9. The Labute approximate surface area is 195 Å². The van der Waals surface area contributed by atoms with Crippen LogP contribution in [0.4, 0.5) is 0 Å². The summed E-state index contributed by atoms with van der Waals surface area (Å²) in [4.78, 5) is 25.8. The minimum absolute atomic E-state index is 0.0548. The van der Waals surface area contributed by atoms with Gasteiger partial charge < -0.3 is 20.3 Å². The molecule has 0 saturated carbocycles. The molecule has 0 spiro atoms. The summed E-state index contributed by atoms with van der Waals surface area (Å²) in [6.07, 6.45) is 0. The van der Waals surface area contributed by atoms with Crippen LogP contribution in [-0.4, -0.2) is 14.2 Å². The smallest absolute Gasteiger partial charge is 0.255 e. The fraction of sp³-hybridized carbons (Fsp3) is 0.154. The van der Waals surface area contributed by atoms with Gasteiger partial charge in [0, 0.05) is 21.9 Å². The van der Waals surface area contributed by atoms with Gasteiger partial charge in [0.1, 0.15) is 22.2 Å². The minimum atomic E-state index is -0.718. The van der Waals surface area contributed by atoms with Crippen LogP contribution < -0.4 is 41.9 Å². The number of hydrogen-bond donors (Lipinski definition) is 2. The topological polar surface area (TPSA) is 101 Å². The van der Waals surface area contributed by atoms with Crippen LogP contribution in [-0.2, 0) is 13.1 Å². The molecule has 0 aliphatic rings. The van der Waals surface area contributed by atoms with Gasteiger partial charge in [0.2, 0.25) is 0 Å². The van der Waals surface area contributed by atoms with Gasteiger partial charge >= 0.3 is 0 Å². The summed E-state index contributed by atoms with van der Waals surface area (Å²) in [5.74, 6) is 1.41. The van der Waals surface area contributed by atoms with Crippen LogP contribution in [0, 0.1) is 0 Å². The Morgan fingerprint density at radius 3 is 1.41 bits per heavy atom. The number of benzene rings is 4.